The first kappa shape index (κ1) is 14.1. The monoisotopic (exact) mass is 272 g/mol. The Hall–Kier alpha value is -2.36. The van der Waals surface area contributed by atoms with Crippen molar-refractivity contribution >= 4 is 11.6 Å². The van der Waals surface area contributed by atoms with Gasteiger partial charge in [-0.25, -0.2) is 4.39 Å². The number of nitrogens with one attached hydrogen (secondary N) is 1. The van der Waals surface area contributed by atoms with Gasteiger partial charge < -0.3 is 11.1 Å². The van der Waals surface area contributed by atoms with Crippen LogP contribution in [0, 0.1) is 19.7 Å². The van der Waals surface area contributed by atoms with Gasteiger partial charge in [0.1, 0.15) is 5.82 Å². The molecule has 104 valence electrons. The van der Waals surface area contributed by atoms with Crippen molar-refractivity contribution in [3.8, 4) is 0 Å². The molecule has 0 fully saturated rings. The third-order valence-electron chi connectivity index (χ3n) is 3.32. The van der Waals surface area contributed by atoms with Crippen LogP contribution in [-0.4, -0.2) is 5.91 Å². The number of hydrogen-bond donors (Lipinski definition) is 2. The second kappa shape index (κ2) is 5.74. The zero-order chi connectivity index (χ0) is 14.7. The molecule has 1 amide bonds. The molecule has 0 aliphatic heterocycles. The average molecular weight is 272 g/mol. The molecule has 0 aliphatic rings. The number of nitrogens with two attached hydrogens (primary N) is 1. The lowest BCUT2D eigenvalue weighted by atomic mass is 10.1. The molecule has 0 bridgehead atoms. The Morgan fingerprint density at radius 1 is 1.25 bits per heavy atom. The average Bonchev–Trinajstić information content (AvgIpc) is 2.41. The normalized spacial score (nSPS) is 10.3. The lowest BCUT2D eigenvalue weighted by Gasteiger charge is -2.12. The maximum absolute atomic E-state index is 13.5. The van der Waals surface area contributed by atoms with Crippen molar-refractivity contribution in [1.82, 2.24) is 0 Å². The highest BCUT2D eigenvalue weighted by atomic mass is 19.1. The van der Waals surface area contributed by atoms with E-state index in [4.69, 9.17) is 5.73 Å². The topological polar surface area (TPSA) is 55.1 Å². The first-order chi connectivity index (χ1) is 9.49. The summed E-state index contributed by atoms with van der Waals surface area (Å²) in [6.07, 6.45) is 0. The second-order valence-corrected chi connectivity index (χ2v) is 4.78. The summed E-state index contributed by atoms with van der Waals surface area (Å²) < 4.78 is 13.5. The third-order valence-corrected chi connectivity index (χ3v) is 3.32. The minimum absolute atomic E-state index is 0.216. The number of rotatable bonds is 4. The smallest absolute Gasteiger partial charge is 0.249 e. The predicted octanol–water partition coefficient (Wildman–Crippen LogP) is 3.15. The van der Waals surface area contributed by atoms with Crippen molar-refractivity contribution in [1.29, 1.82) is 0 Å². The fourth-order valence-corrected chi connectivity index (χ4v) is 2.04. The molecule has 0 heterocycles. The Bertz CT molecular complexity index is 653. The highest BCUT2D eigenvalue weighted by molar-refractivity contribution is 5.95. The number of benzene rings is 2. The first-order valence-corrected chi connectivity index (χ1v) is 6.37. The van der Waals surface area contributed by atoms with Gasteiger partial charge in [0.05, 0.1) is 0 Å². The van der Waals surface area contributed by atoms with E-state index in [9.17, 15) is 9.18 Å². The van der Waals surface area contributed by atoms with Crippen LogP contribution in [0.4, 0.5) is 10.1 Å². The van der Waals surface area contributed by atoms with E-state index < -0.39 is 5.91 Å². The second-order valence-electron chi connectivity index (χ2n) is 4.78. The van der Waals surface area contributed by atoms with Crippen molar-refractivity contribution < 1.29 is 9.18 Å². The molecule has 0 spiro atoms. The lowest BCUT2D eigenvalue weighted by Crippen LogP contribution is -2.14. The van der Waals surface area contributed by atoms with Crippen molar-refractivity contribution in [2.45, 2.75) is 20.4 Å². The number of halogens is 1. The summed E-state index contributed by atoms with van der Waals surface area (Å²) >= 11 is 0. The molecule has 4 heteroatoms. The van der Waals surface area contributed by atoms with E-state index in [0.29, 0.717) is 17.7 Å². The van der Waals surface area contributed by atoms with Gasteiger partial charge in [-0.05, 0) is 48.7 Å². The molecule has 0 saturated heterocycles. The third kappa shape index (κ3) is 2.96. The molecule has 2 aromatic rings. The maximum atomic E-state index is 13.5. The number of amides is 1. The summed E-state index contributed by atoms with van der Waals surface area (Å²) in [6, 6.07) is 10.5. The summed E-state index contributed by atoms with van der Waals surface area (Å²) in [5, 5.41) is 3.20. The number of aryl methyl sites for hydroxylation is 1. The Labute approximate surface area is 117 Å². The van der Waals surface area contributed by atoms with Crippen LogP contribution >= 0.6 is 0 Å². The molecule has 2 aromatic carbocycles. The number of anilines is 1. The van der Waals surface area contributed by atoms with Gasteiger partial charge >= 0.3 is 0 Å². The first-order valence-electron chi connectivity index (χ1n) is 6.37. The largest absolute Gasteiger partial charge is 0.381 e. The number of primary amides is 1. The van der Waals surface area contributed by atoms with E-state index in [-0.39, 0.29) is 5.82 Å². The van der Waals surface area contributed by atoms with E-state index in [1.165, 1.54) is 6.07 Å². The zero-order valence-corrected chi connectivity index (χ0v) is 11.5. The van der Waals surface area contributed by atoms with Gasteiger partial charge in [0.25, 0.3) is 0 Å². The van der Waals surface area contributed by atoms with Gasteiger partial charge in [-0.1, -0.05) is 18.2 Å². The van der Waals surface area contributed by atoms with Crippen LogP contribution in [0.15, 0.2) is 36.4 Å². The molecule has 3 N–H and O–H groups in total. The molecule has 0 aliphatic carbocycles. The lowest BCUT2D eigenvalue weighted by molar-refractivity contribution is 0.1000. The Kier molecular flexibility index (Phi) is 4.03. The van der Waals surface area contributed by atoms with E-state index >= 15 is 0 Å². The number of carbonyl (C=O) groups is 1. The molecular formula is C16H17FN2O. The van der Waals surface area contributed by atoms with E-state index in [1.54, 1.807) is 25.1 Å². The highest BCUT2D eigenvalue weighted by Crippen LogP contribution is 2.19. The van der Waals surface area contributed by atoms with Crippen molar-refractivity contribution in [3.63, 3.8) is 0 Å². The number of hydrogen-bond acceptors (Lipinski definition) is 2. The van der Waals surface area contributed by atoms with Crippen molar-refractivity contribution in [2.75, 3.05) is 5.32 Å². The Balaban J connectivity index is 2.17. The summed E-state index contributed by atoms with van der Waals surface area (Å²) in [6.45, 7) is 4.05. The van der Waals surface area contributed by atoms with Gasteiger partial charge in [-0.15, -0.1) is 0 Å². The summed E-state index contributed by atoms with van der Waals surface area (Å²) in [4.78, 5) is 11.3. The molecule has 0 unspecified atom stereocenters. The van der Waals surface area contributed by atoms with Gasteiger partial charge in [-0.3, -0.25) is 4.79 Å². The van der Waals surface area contributed by atoms with Crippen LogP contribution in [-0.2, 0) is 6.54 Å². The zero-order valence-electron chi connectivity index (χ0n) is 11.5. The highest BCUT2D eigenvalue weighted by Gasteiger charge is 2.08. The van der Waals surface area contributed by atoms with Crippen LogP contribution in [0.3, 0.4) is 0 Å². The fourth-order valence-electron chi connectivity index (χ4n) is 2.04. The number of carbonyl (C=O) groups excluding carboxylic acids is 1. The van der Waals surface area contributed by atoms with Gasteiger partial charge in [0.15, 0.2) is 0 Å². The standard InChI is InChI=1S/C16H17FN2O/c1-10-6-7-12(8-14(10)17)9-19-15-5-3-4-13(11(15)2)16(18)20/h3-8,19H,9H2,1-2H3,(H2,18,20). The summed E-state index contributed by atoms with van der Waals surface area (Å²) in [5.41, 5.74) is 8.89. The van der Waals surface area contributed by atoms with Gasteiger partial charge in [0.2, 0.25) is 5.91 Å². The molecule has 2 rings (SSSR count). The molecule has 20 heavy (non-hydrogen) atoms. The van der Waals surface area contributed by atoms with E-state index in [1.807, 2.05) is 19.1 Å². The fraction of sp³-hybridized carbons (Fsp3) is 0.188. The molecular weight excluding hydrogens is 255 g/mol. The quantitative estimate of drug-likeness (QED) is 0.898. The minimum Gasteiger partial charge on any atom is -0.381 e. The Morgan fingerprint density at radius 2 is 2.00 bits per heavy atom. The van der Waals surface area contributed by atoms with Crippen LogP contribution in [0.2, 0.25) is 0 Å². The predicted molar refractivity (Wildman–Crippen MR) is 78.2 cm³/mol. The van der Waals surface area contributed by atoms with Crippen LogP contribution in [0.25, 0.3) is 0 Å². The van der Waals surface area contributed by atoms with Gasteiger partial charge in [0, 0.05) is 17.8 Å². The van der Waals surface area contributed by atoms with E-state index in [2.05, 4.69) is 5.32 Å². The maximum Gasteiger partial charge on any atom is 0.249 e. The van der Waals surface area contributed by atoms with Crippen LogP contribution < -0.4 is 11.1 Å². The summed E-state index contributed by atoms with van der Waals surface area (Å²) in [7, 11) is 0. The molecule has 0 atom stereocenters. The van der Waals surface area contributed by atoms with Crippen molar-refractivity contribution in [2.24, 2.45) is 5.73 Å². The molecule has 3 nitrogen and oxygen atoms in total. The molecule has 0 saturated carbocycles. The minimum atomic E-state index is -0.451. The molecule has 0 radical (unpaired) electrons. The molecule has 0 aromatic heterocycles. The van der Waals surface area contributed by atoms with Crippen LogP contribution in [0.5, 0.6) is 0 Å². The van der Waals surface area contributed by atoms with Gasteiger partial charge in [-0.2, -0.15) is 0 Å². The van der Waals surface area contributed by atoms with Crippen LogP contribution in [0.1, 0.15) is 27.0 Å². The summed E-state index contributed by atoms with van der Waals surface area (Å²) in [5.74, 6) is -0.667. The SMILES string of the molecule is Cc1ccc(CNc2cccc(C(N)=O)c2C)cc1F. The van der Waals surface area contributed by atoms with Crippen molar-refractivity contribution in [3.05, 3.63) is 64.5 Å². The van der Waals surface area contributed by atoms with E-state index in [0.717, 1.165) is 16.8 Å². The Morgan fingerprint density at radius 3 is 2.65 bits per heavy atom.